The third-order valence-corrected chi connectivity index (χ3v) is 2.12. The summed E-state index contributed by atoms with van der Waals surface area (Å²) in [7, 11) is 0. The Labute approximate surface area is 85.5 Å². The van der Waals surface area contributed by atoms with E-state index in [-0.39, 0.29) is 0 Å². The third kappa shape index (κ3) is 3.17. The van der Waals surface area contributed by atoms with E-state index in [2.05, 4.69) is 32.0 Å². The van der Waals surface area contributed by atoms with Crippen molar-refractivity contribution in [2.45, 2.75) is 26.2 Å². The number of hydrogen-bond acceptors (Lipinski definition) is 1. The highest BCUT2D eigenvalue weighted by atomic mass is 16.1. The highest BCUT2D eigenvalue weighted by Gasteiger charge is 1.97. The molecule has 0 saturated carbocycles. The van der Waals surface area contributed by atoms with Crippen LogP contribution in [-0.4, -0.2) is 6.29 Å². The lowest BCUT2D eigenvalue weighted by atomic mass is 10.0. The fraction of sp³-hybridized carbons (Fsp3) is 0.308. The molecule has 0 aromatic heterocycles. The summed E-state index contributed by atoms with van der Waals surface area (Å²) in [6, 6.07) is 8.39. The average molecular weight is 188 g/mol. The molecule has 0 unspecified atom stereocenters. The lowest BCUT2D eigenvalue weighted by molar-refractivity contribution is -0.107. The molecule has 0 radical (unpaired) electrons. The molecule has 0 saturated heterocycles. The Morgan fingerprint density at radius 3 is 2.79 bits per heavy atom. The Morgan fingerprint density at radius 2 is 2.14 bits per heavy atom. The first-order chi connectivity index (χ1) is 6.74. The molecule has 0 spiro atoms. The molecule has 1 aromatic carbocycles. The van der Waals surface area contributed by atoms with E-state index in [1.807, 2.05) is 18.2 Å². The van der Waals surface area contributed by atoms with Crippen LogP contribution in [0.2, 0.25) is 0 Å². The summed E-state index contributed by atoms with van der Waals surface area (Å²) in [5, 5.41) is 0. The van der Waals surface area contributed by atoms with Gasteiger partial charge in [-0.05, 0) is 17.0 Å². The molecular weight excluding hydrogens is 172 g/mol. The van der Waals surface area contributed by atoms with Crippen LogP contribution in [0.1, 0.15) is 37.3 Å². The molecule has 1 nitrogen and oxygen atoms in total. The monoisotopic (exact) mass is 188 g/mol. The van der Waals surface area contributed by atoms with Gasteiger partial charge in [0.05, 0.1) is 0 Å². The Balaban J connectivity index is 2.78. The lowest BCUT2D eigenvalue weighted by Gasteiger charge is -2.05. The molecule has 0 aliphatic heterocycles. The zero-order chi connectivity index (χ0) is 10.4. The molecule has 0 atom stereocenters. The van der Waals surface area contributed by atoms with Crippen molar-refractivity contribution in [1.82, 2.24) is 0 Å². The van der Waals surface area contributed by atoms with Crippen molar-refractivity contribution in [2.24, 2.45) is 0 Å². The predicted octanol–water partition coefficient (Wildman–Crippen LogP) is 3.41. The first kappa shape index (κ1) is 10.7. The number of rotatable bonds is 4. The van der Waals surface area contributed by atoms with Crippen LogP contribution in [-0.2, 0) is 4.79 Å². The largest absolute Gasteiger partial charge is 0.303 e. The van der Waals surface area contributed by atoms with Gasteiger partial charge >= 0.3 is 0 Å². The Bertz CT molecular complexity index is 324. The van der Waals surface area contributed by atoms with Gasteiger partial charge in [0.1, 0.15) is 6.29 Å². The first-order valence-corrected chi connectivity index (χ1v) is 4.94. The highest BCUT2D eigenvalue weighted by molar-refractivity contribution is 5.58. The molecular formula is C13H16O. The van der Waals surface area contributed by atoms with Gasteiger partial charge in [0.2, 0.25) is 0 Å². The molecule has 0 aliphatic rings. The van der Waals surface area contributed by atoms with E-state index in [1.54, 1.807) is 0 Å². The summed E-state index contributed by atoms with van der Waals surface area (Å²) in [6.07, 6.45) is 5.27. The summed E-state index contributed by atoms with van der Waals surface area (Å²) >= 11 is 0. The normalized spacial score (nSPS) is 11.1. The first-order valence-electron chi connectivity index (χ1n) is 4.94. The predicted molar refractivity (Wildman–Crippen MR) is 60.2 cm³/mol. The van der Waals surface area contributed by atoms with Crippen molar-refractivity contribution in [1.29, 1.82) is 0 Å². The van der Waals surface area contributed by atoms with Crippen LogP contribution in [0.25, 0.3) is 6.08 Å². The van der Waals surface area contributed by atoms with Crippen LogP contribution >= 0.6 is 0 Å². The quantitative estimate of drug-likeness (QED) is 0.662. The van der Waals surface area contributed by atoms with Gasteiger partial charge in [0, 0.05) is 6.42 Å². The molecule has 0 fully saturated rings. The number of aldehydes is 1. The minimum absolute atomic E-state index is 0.492. The van der Waals surface area contributed by atoms with E-state index >= 15 is 0 Å². The molecule has 1 aromatic rings. The average Bonchev–Trinajstić information content (AvgIpc) is 2.19. The van der Waals surface area contributed by atoms with Gasteiger partial charge < -0.3 is 4.79 Å². The van der Waals surface area contributed by atoms with Gasteiger partial charge in [-0.1, -0.05) is 50.3 Å². The van der Waals surface area contributed by atoms with Crippen LogP contribution in [0, 0.1) is 0 Å². The molecule has 0 heterocycles. The number of carbonyl (C=O) groups excluding carboxylic acids is 1. The van der Waals surface area contributed by atoms with Crippen LogP contribution in [0.15, 0.2) is 30.3 Å². The van der Waals surface area contributed by atoms with Gasteiger partial charge in [0.25, 0.3) is 0 Å². The van der Waals surface area contributed by atoms with E-state index < -0.39 is 0 Å². The second-order valence-corrected chi connectivity index (χ2v) is 3.63. The van der Waals surface area contributed by atoms with Gasteiger partial charge in [-0.3, -0.25) is 0 Å². The fourth-order valence-electron chi connectivity index (χ4n) is 1.28. The molecule has 14 heavy (non-hydrogen) atoms. The van der Waals surface area contributed by atoms with Crippen LogP contribution in [0.3, 0.4) is 0 Å². The number of allylic oxidation sites excluding steroid dienone is 1. The van der Waals surface area contributed by atoms with Gasteiger partial charge in [-0.25, -0.2) is 0 Å². The maximum atomic E-state index is 10.1. The van der Waals surface area contributed by atoms with Crippen molar-refractivity contribution in [3.05, 3.63) is 41.5 Å². The summed E-state index contributed by atoms with van der Waals surface area (Å²) in [5.41, 5.74) is 2.50. The van der Waals surface area contributed by atoms with Crippen molar-refractivity contribution in [3.63, 3.8) is 0 Å². The topological polar surface area (TPSA) is 17.1 Å². The fourth-order valence-corrected chi connectivity index (χ4v) is 1.28. The van der Waals surface area contributed by atoms with E-state index in [0.717, 1.165) is 11.8 Å². The molecule has 0 amide bonds. The number of hydrogen-bond donors (Lipinski definition) is 0. The third-order valence-electron chi connectivity index (χ3n) is 2.12. The molecule has 1 rings (SSSR count). The van der Waals surface area contributed by atoms with Crippen LogP contribution in [0.4, 0.5) is 0 Å². The summed E-state index contributed by atoms with van der Waals surface area (Å²) in [6.45, 7) is 4.35. The second kappa shape index (κ2) is 5.38. The van der Waals surface area contributed by atoms with E-state index in [1.165, 1.54) is 5.56 Å². The zero-order valence-electron chi connectivity index (χ0n) is 8.73. The van der Waals surface area contributed by atoms with Crippen LogP contribution in [0.5, 0.6) is 0 Å². The molecule has 1 heteroatoms. The van der Waals surface area contributed by atoms with Gasteiger partial charge in [-0.15, -0.1) is 0 Å². The molecule has 0 aliphatic carbocycles. The maximum Gasteiger partial charge on any atom is 0.123 e. The summed E-state index contributed by atoms with van der Waals surface area (Å²) in [5.74, 6) is 0.550. The molecule has 74 valence electrons. The Hall–Kier alpha value is -1.37. The number of carbonyl (C=O) groups is 1. The van der Waals surface area contributed by atoms with Crippen molar-refractivity contribution in [2.75, 3.05) is 0 Å². The second-order valence-electron chi connectivity index (χ2n) is 3.63. The maximum absolute atomic E-state index is 10.1. The zero-order valence-corrected chi connectivity index (χ0v) is 8.73. The summed E-state index contributed by atoms with van der Waals surface area (Å²) < 4.78 is 0. The standard InChI is InChI=1S/C13H16O/c1-11(2)13-8-5-7-12(10-13)6-3-4-9-14/h3,5-11H,4H2,1-2H3. The van der Waals surface area contributed by atoms with Gasteiger partial charge in [0.15, 0.2) is 0 Å². The van der Waals surface area contributed by atoms with Crippen LogP contribution < -0.4 is 0 Å². The van der Waals surface area contributed by atoms with E-state index in [9.17, 15) is 4.79 Å². The lowest BCUT2D eigenvalue weighted by Crippen LogP contribution is -1.86. The minimum atomic E-state index is 0.492. The Kier molecular flexibility index (Phi) is 4.11. The van der Waals surface area contributed by atoms with Crippen molar-refractivity contribution < 1.29 is 4.79 Å². The number of benzene rings is 1. The smallest absolute Gasteiger partial charge is 0.123 e. The van der Waals surface area contributed by atoms with Gasteiger partial charge in [-0.2, -0.15) is 0 Å². The SMILES string of the molecule is CC(C)c1cccc(C=CCC=O)c1. The molecule has 0 bridgehead atoms. The van der Waals surface area contributed by atoms with Crippen molar-refractivity contribution in [3.8, 4) is 0 Å². The summed E-state index contributed by atoms with van der Waals surface area (Å²) in [4.78, 5) is 10.1. The van der Waals surface area contributed by atoms with E-state index in [4.69, 9.17) is 0 Å². The molecule has 0 N–H and O–H groups in total. The van der Waals surface area contributed by atoms with Crippen molar-refractivity contribution >= 4 is 12.4 Å². The Morgan fingerprint density at radius 1 is 1.36 bits per heavy atom. The highest BCUT2D eigenvalue weighted by Crippen LogP contribution is 2.16. The minimum Gasteiger partial charge on any atom is -0.303 e. The van der Waals surface area contributed by atoms with E-state index in [0.29, 0.717) is 12.3 Å².